The molecular weight excluding hydrogens is 356 g/mol. The fourth-order valence-corrected chi connectivity index (χ4v) is 3.93. The number of sulfonamides is 1. The van der Waals surface area contributed by atoms with E-state index in [0.29, 0.717) is 18.5 Å². The average molecular weight is 380 g/mol. The first-order chi connectivity index (χ1) is 12.1. The number of amides is 1. The average Bonchev–Trinajstić information content (AvgIpc) is 2.58. The van der Waals surface area contributed by atoms with E-state index < -0.39 is 33.7 Å². The summed E-state index contributed by atoms with van der Waals surface area (Å²) in [4.78, 5) is 24.2. The van der Waals surface area contributed by atoms with Gasteiger partial charge in [-0.05, 0) is 49.9 Å². The van der Waals surface area contributed by atoms with Gasteiger partial charge in [-0.3, -0.25) is 9.59 Å². The van der Waals surface area contributed by atoms with E-state index in [9.17, 15) is 23.1 Å². The molecule has 2 N–H and O–H groups in total. The molecule has 0 spiro atoms. The van der Waals surface area contributed by atoms with E-state index in [2.05, 4.69) is 5.32 Å². The number of carboxylic acids is 1. The van der Waals surface area contributed by atoms with Crippen LogP contribution in [0.4, 0.5) is 5.69 Å². The zero-order valence-electron chi connectivity index (χ0n) is 15.3. The minimum Gasteiger partial charge on any atom is -0.481 e. The Hall–Kier alpha value is -2.19. The van der Waals surface area contributed by atoms with Crippen molar-refractivity contribution >= 4 is 27.6 Å². The Morgan fingerprint density at radius 3 is 2.23 bits per heavy atom. The van der Waals surface area contributed by atoms with E-state index in [4.69, 9.17) is 0 Å². The molecule has 0 unspecified atom stereocenters. The molecule has 0 heterocycles. The first-order valence-corrected chi connectivity index (χ1v) is 9.72. The lowest BCUT2D eigenvalue weighted by atomic mass is 9.82. The molecule has 2 atom stereocenters. The molecule has 26 heavy (non-hydrogen) atoms. The lowest BCUT2D eigenvalue weighted by molar-refractivity contribution is -0.146. The summed E-state index contributed by atoms with van der Waals surface area (Å²) in [5, 5.41) is 12.1. The van der Waals surface area contributed by atoms with Crippen molar-refractivity contribution in [1.29, 1.82) is 0 Å². The smallest absolute Gasteiger partial charge is 0.307 e. The maximum atomic E-state index is 12.7. The van der Waals surface area contributed by atoms with E-state index in [1.165, 1.54) is 20.2 Å². The number of aryl methyl sites for hydroxylation is 1. The molecule has 1 aromatic carbocycles. The van der Waals surface area contributed by atoms with Crippen LogP contribution in [0.5, 0.6) is 0 Å². The van der Waals surface area contributed by atoms with Gasteiger partial charge < -0.3 is 10.4 Å². The van der Waals surface area contributed by atoms with Crippen molar-refractivity contribution in [3.8, 4) is 0 Å². The molecule has 7 nitrogen and oxygen atoms in total. The Labute approximate surface area is 153 Å². The quantitative estimate of drug-likeness (QED) is 0.762. The number of allylic oxidation sites excluding steroid dienone is 2. The van der Waals surface area contributed by atoms with Crippen LogP contribution in [0.1, 0.15) is 24.0 Å². The SMILES string of the molecule is Cc1cc(S(=O)(=O)N(C)C)cc(NC(=O)[C@@H]2CC=CC[C@H]2C(=O)O)c1C. The first kappa shape index (κ1) is 20.1. The van der Waals surface area contributed by atoms with Crippen molar-refractivity contribution in [3.05, 3.63) is 35.4 Å². The summed E-state index contributed by atoms with van der Waals surface area (Å²) < 4.78 is 25.9. The van der Waals surface area contributed by atoms with Gasteiger partial charge in [0.1, 0.15) is 0 Å². The van der Waals surface area contributed by atoms with E-state index in [0.717, 1.165) is 15.4 Å². The van der Waals surface area contributed by atoms with Gasteiger partial charge in [0.25, 0.3) is 0 Å². The zero-order chi connectivity index (χ0) is 19.6. The Kier molecular flexibility index (Phi) is 5.87. The van der Waals surface area contributed by atoms with Crippen LogP contribution in [-0.4, -0.2) is 43.8 Å². The predicted octanol–water partition coefficient (Wildman–Crippen LogP) is 2.16. The number of nitrogens with zero attached hydrogens (tertiary/aromatic N) is 1. The second kappa shape index (κ2) is 7.59. The lowest BCUT2D eigenvalue weighted by Crippen LogP contribution is -2.35. The highest BCUT2D eigenvalue weighted by Gasteiger charge is 2.34. The zero-order valence-corrected chi connectivity index (χ0v) is 16.1. The van der Waals surface area contributed by atoms with Crippen LogP contribution in [-0.2, 0) is 19.6 Å². The van der Waals surface area contributed by atoms with E-state index >= 15 is 0 Å². The summed E-state index contributed by atoms with van der Waals surface area (Å²) in [5.41, 5.74) is 1.85. The summed E-state index contributed by atoms with van der Waals surface area (Å²) in [7, 11) is -0.769. The third kappa shape index (κ3) is 3.96. The van der Waals surface area contributed by atoms with Crippen molar-refractivity contribution < 1.29 is 23.1 Å². The fraction of sp³-hybridized carbons (Fsp3) is 0.444. The van der Waals surface area contributed by atoms with Crippen molar-refractivity contribution in [3.63, 3.8) is 0 Å². The van der Waals surface area contributed by atoms with Crippen molar-refractivity contribution in [2.24, 2.45) is 11.8 Å². The van der Waals surface area contributed by atoms with Crippen LogP contribution < -0.4 is 5.32 Å². The summed E-state index contributed by atoms with van der Waals surface area (Å²) in [6.45, 7) is 3.55. The molecule has 0 aromatic heterocycles. The monoisotopic (exact) mass is 380 g/mol. The number of anilines is 1. The van der Waals surface area contributed by atoms with Gasteiger partial charge >= 0.3 is 5.97 Å². The maximum absolute atomic E-state index is 12.7. The highest BCUT2D eigenvalue weighted by atomic mass is 32.2. The molecule has 0 fully saturated rings. The van der Waals surface area contributed by atoms with E-state index in [1.54, 1.807) is 32.1 Å². The van der Waals surface area contributed by atoms with Gasteiger partial charge in [0.2, 0.25) is 15.9 Å². The Morgan fingerprint density at radius 2 is 1.69 bits per heavy atom. The summed E-state index contributed by atoms with van der Waals surface area (Å²) >= 11 is 0. The molecule has 0 saturated heterocycles. The highest BCUT2D eigenvalue weighted by Crippen LogP contribution is 2.30. The summed E-state index contributed by atoms with van der Waals surface area (Å²) in [6.07, 6.45) is 4.22. The maximum Gasteiger partial charge on any atom is 0.307 e. The van der Waals surface area contributed by atoms with Gasteiger partial charge in [0.05, 0.1) is 16.7 Å². The third-order valence-corrected chi connectivity index (χ3v) is 6.56. The minimum absolute atomic E-state index is 0.0826. The molecule has 1 aliphatic carbocycles. The number of hydrogen-bond acceptors (Lipinski definition) is 4. The highest BCUT2D eigenvalue weighted by molar-refractivity contribution is 7.89. The molecule has 142 valence electrons. The minimum atomic E-state index is -3.65. The van der Waals surface area contributed by atoms with Crippen LogP contribution in [0.15, 0.2) is 29.2 Å². The Morgan fingerprint density at radius 1 is 1.12 bits per heavy atom. The van der Waals surface area contributed by atoms with Gasteiger partial charge in [-0.15, -0.1) is 0 Å². The number of nitrogens with one attached hydrogen (secondary N) is 1. The lowest BCUT2D eigenvalue weighted by Gasteiger charge is -2.25. The van der Waals surface area contributed by atoms with Crippen LogP contribution in [0.25, 0.3) is 0 Å². The first-order valence-electron chi connectivity index (χ1n) is 8.28. The molecule has 0 saturated carbocycles. The number of carbonyl (C=O) groups excluding carboxylic acids is 1. The standard InChI is InChI=1S/C18H24N2O5S/c1-11-9-13(26(24,25)20(3)4)10-16(12(11)2)19-17(21)14-7-5-6-8-15(14)18(22)23/h5-6,9-10,14-15H,7-8H2,1-4H3,(H,19,21)(H,22,23)/t14-,15-/m1/s1. The topological polar surface area (TPSA) is 104 Å². The number of hydrogen-bond donors (Lipinski definition) is 2. The van der Waals surface area contributed by atoms with E-state index in [-0.39, 0.29) is 4.90 Å². The molecule has 1 aliphatic rings. The number of carboxylic acid groups (broad SMARTS) is 1. The van der Waals surface area contributed by atoms with Gasteiger partial charge in [-0.1, -0.05) is 12.2 Å². The fourth-order valence-electron chi connectivity index (χ4n) is 2.92. The molecule has 2 rings (SSSR count). The summed E-state index contributed by atoms with van der Waals surface area (Å²) in [5.74, 6) is -2.89. The molecule has 8 heteroatoms. The molecule has 0 radical (unpaired) electrons. The molecular formula is C18H24N2O5S. The number of benzene rings is 1. The molecule has 1 amide bonds. The second-order valence-electron chi connectivity index (χ2n) is 6.68. The summed E-state index contributed by atoms with van der Waals surface area (Å²) in [6, 6.07) is 2.98. The van der Waals surface area contributed by atoms with Crippen molar-refractivity contribution in [2.45, 2.75) is 31.6 Å². The van der Waals surface area contributed by atoms with Crippen LogP contribution >= 0.6 is 0 Å². The van der Waals surface area contributed by atoms with Crippen LogP contribution in [0.2, 0.25) is 0 Å². The number of rotatable bonds is 5. The van der Waals surface area contributed by atoms with Gasteiger partial charge in [-0.25, -0.2) is 12.7 Å². The van der Waals surface area contributed by atoms with Crippen molar-refractivity contribution in [2.75, 3.05) is 19.4 Å². The molecule has 0 bridgehead atoms. The third-order valence-electron chi connectivity index (χ3n) is 4.76. The van der Waals surface area contributed by atoms with Crippen LogP contribution in [0.3, 0.4) is 0 Å². The number of aliphatic carboxylic acids is 1. The van der Waals surface area contributed by atoms with Gasteiger partial charge in [0, 0.05) is 19.8 Å². The molecule has 0 aliphatic heterocycles. The Bertz CT molecular complexity index is 859. The van der Waals surface area contributed by atoms with Gasteiger partial charge in [0.15, 0.2) is 0 Å². The van der Waals surface area contributed by atoms with E-state index in [1.807, 2.05) is 0 Å². The van der Waals surface area contributed by atoms with Crippen molar-refractivity contribution in [1.82, 2.24) is 4.31 Å². The van der Waals surface area contributed by atoms with Crippen LogP contribution in [0, 0.1) is 25.7 Å². The van der Waals surface area contributed by atoms with Gasteiger partial charge in [-0.2, -0.15) is 0 Å². The number of carbonyl (C=O) groups is 2. The largest absolute Gasteiger partial charge is 0.481 e. The normalized spacial score (nSPS) is 20.2. The molecule has 1 aromatic rings. The second-order valence-corrected chi connectivity index (χ2v) is 8.84. The predicted molar refractivity (Wildman–Crippen MR) is 98.4 cm³/mol. The Balaban J connectivity index is 2.37.